The van der Waals surface area contributed by atoms with Gasteiger partial charge in [0.25, 0.3) is 0 Å². The van der Waals surface area contributed by atoms with Gasteiger partial charge in [0.1, 0.15) is 6.29 Å². The first kappa shape index (κ1) is 10.3. The molecule has 3 nitrogen and oxygen atoms in total. The van der Waals surface area contributed by atoms with Crippen LogP contribution in [0.5, 0.6) is 0 Å². The number of benzene rings is 1. The zero-order chi connectivity index (χ0) is 10.8. The molecule has 0 aliphatic carbocycles. The van der Waals surface area contributed by atoms with E-state index in [4.69, 9.17) is 0 Å². The predicted molar refractivity (Wildman–Crippen MR) is 59.3 cm³/mol. The normalized spacial score (nSPS) is 25.5. The van der Waals surface area contributed by atoms with E-state index in [-0.39, 0.29) is 12.0 Å². The van der Waals surface area contributed by atoms with E-state index in [1.165, 1.54) is 16.7 Å². The zero-order valence-electron chi connectivity index (χ0n) is 9.08. The van der Waals surface area contributed by atoms with Crippen molar-refractivity contribution in [3.63, 3.8) is 0 Å². The molecule has 80 valence electrons. The van der Waals surface area contributed by atoms with Gasteiger partial charge in [-0.2, -0.15) is 0 Å². The van der Waals surface area contributed by atoms with Crippen LogP contribution in [0.15, 0.2) is 18.2 Å². The first-order valence-electron chi connectivity index (χ1n) is 5.23. The fraction of sp³-hybridized carbons (Fsp3) is 0.417. The van der Waals surface area contributed by atoms with Crippen LogP contribution in [0.4, 0.5) is 0 Å². The fourth-order valence-corrected chi connectivity index (χ4v) is 2.12. The molecule has 1 aliphatic rings. The average molecular weight is 204 g/mol. The van der Waals surface area contributed by atoms with Gasteiger partial charge in [0.2, 0.25) is 0 Å². The van der Waals surface area contributed by atoms with Crippen LogP contribution >= 0.6 is 0 Å². The number of nitrogens with one attached hydrogen (secondary N) is 2. The summed E-state index contributed by atoms with van der Waals surface area (Å²) in [5.74, 6) is 0.0337. The van der Waals surface area contributed by atoms with Gasteiger partial charge in [-0.15, -0.1) is 0 Å². The van der Waals surface area contributed by atoms with Gasteiger partial charge in [0, 0.05) is 12.5 Å². The van der Waals surface area contributed by atoms with Crippen molar-refractivity contribution in [2.45, 2.75) is 19.9 Å². The minimum absolute atomic E-state index is 0.0337. The molecule has 15 heavy (non-hydrogen) atoms. The van der Waals surface area contributed by atoms with Crippen LogP contribution in [-0.2, 0) is 4.79 Å². The number of aldehydes is 1. The summed E-state index contributed by atoms with van der Waals surface area (Å²) in [6.07, 6.45) is 1.02. The second-order valence-electron chi connectivity index (χ2n) is 4.16. The highest BCUT2D eigenvalue weighted by Gasteiger charge is 2.28. The van der Waals surface area contributed by atoms with Crippen molar-refractivity contribution in [1.29, 1.82) is 0 Å². The number of hydrogen-bond donors (Lipinski definition) is 2. The van der Waals surface area contributed by atoms with Crippen molar-refractivity contribution in [1.82, 2.24) is 10.9 Å². The molecule has 1 heterocycles. The molecule has 0 radical (unpaired) electrons. The highest BCUT2D eigenvalue weighted by Crippen LogP contribution is 2.26. The second-order valence-corrected chi connectivity index (χ2v) is 4.16. The lowest BCUT2D eigenvalue weighted by molar-refractivity contribution is -0.111. The van der Waals surface area contributed by atoms with Crippen molar-refractivity contribution in [2.24, 2.45) is 5.92 Å². The van der Waals surface area contributed by atoms with Crippen LogP contribution < -0.4 is 10.9 Å². The van der Waals surface area contributed by atoms with Crippen LogP contribution in [0.2, 0.25) is 0 Å². The Labute approximate surface area is 89.8 Å². The molecule has 1 aliphatic heterocycles. The third kappa shape index (κ3) is 1.94. The van der Waals surface area contributed by atoms with E-state index < -0.39 is 0 Å². The summed E-state index contributed by atoms with van der Waals surface area (Å²) < 4.78 is 0. The van der Waals surface area contributed by atoms with Crippen LogP contribution in [-0.4, -0.2) is 12.8 Å². The molecule has 0 saturated carbocycles. The van der Waals surface area contributed by atoms with Crippen LogP contribution in [0.25, 0.3) is 0 Å². The van der Waals surface area contributed by atoms with Gasteiger partial charge >= 0.3 is 0 Å². The van der Waals surface area contributed by atoms with Gasteiger partial charge in [0.05, 0.1) is 6.04 Å². The number of aryl methyl sites for hydroxylation is 2. The molecule has 1 saturated heterocycles. The molecule has 1 aromatic carbocycles. The Kier molecular flexibility index (Phi) is 2.84. The summed E-state index contributed by atoms with van der Waals surface area (Å²) in [7, 11) is 0. The van der Waals surface area contributed by atoms with E-state index >= 15 is 0 Å². The van der Waals surface area contributed by atoms with Crippen LogP contribution in [0, 0.1) is 19.8 Å². The number of rotatable bonds is 2. The summed E-state index contributed by atoms with van der Waals surface area (Å²) in [4.78, 5) is 10.9. The van der Waals surface area contributed by atoms with Gasteiger partial charge in [-0.25, -0.2) is 5.43 Å². The Hall–Kier alpha value is -1.19. The molecular weight excluding hydrogens is 188 g/mol. The van der Waals surface area contributed by atoms with Crippen molar-refractivity contribution < 1.29 is 4.79 Å². The SMILES string of the molecule is Cc1ccc(C2NNCC2C=O)c(C)c1. The third-order valence-electron chi connectivity index (χ3n) is 2.96. The molecule has 2 unspecified atom stereocenters. The smallest absolute Gasteiger partial charge is 0.126 e. The van der Waals surface area contributed by atoms with Gasteiger partial charge in [-0.05, 0) is 25.0 Å². The number of carbonyl (C=O) groups is 1. The van der Waals surface area contributed by atoms with E-state index in [0.717, 1.165) is 6.29 Å². The maximum Gasteiger partial charge on any atom is 0.126 e. The maximum absolute atomic E-state index is 10.9. The monoisotopic (exact) mass is 204 g/mol. The summed E-state index contributed by atoms with van der Waals surface area (Å²) in [5.41, 5.74) is 9.89. The second kappa shape index (κ2) is 4.13. The molecule has 2 rings (SSSR count). The van der Waals surface area contributed by atoms with E-state index in [9.17, 15) is 4.79 Å². The Morgan fingerprint density at radius 2 is 2.20 bits per heavy atom. The molecule has 1 aromatic rings. The first-order chi connectivity index (χ1) is 7.22. The van der Waals surface area contributed by atoms with Gasteiger partial charge < -0.3 is 4.79 Å². The standard InChI is InChI=1S/C12H16N2O/c1-8-3-4-11(9(2)5-8)12-10(7-15)6-13-14-12/h3-5,7,10,12-14H,6H2,1-2H3. The van der Waals surface area contributed by atoms with Crippen LogP contribution in [0.1, 0.15) is 22.7 Å². The quantitative estimate of drug-likeness (QED) is 0.713. The predicted octanol–water partition coefficient (Wildman–Crippen LogP) is 1.27. The first-order valence-corrected chi connectivity index (χ1v) is 5.23. The Morgan fingerprint density at radius 3 is 2.87 bits per heavy atom. The number of carbonyl (C=O) groups excluding carboxylic acids is 1. The van der Waals surface area contributed by atoms with Crippen molar-refractivity contribution in [3.05, 3.63) is 34.9 Å². The topological polar surface area (TPSA) is 41.1 Å². The molecule has 2 atom stereocenters. The van der Waals surface area contributed by atoms with Gasteiger partial charge in [-0.3, -0.25) is 5.43 Å². The minimum atomic E-state index is 0.0337. The Morgan fingerprint density at radius 1 is 1.40 bits per heavy atom. The molecule has 3 heteroatoms. The molecular formula is C12H16N2O. The molecule has 0 amide bonds. The lowest BCUT2D eigenvalue weighted by atomic mass is 9.92. The lowest BCUT2D eigenvalue weighted by Crippen LogP contribution is -2.25. The molecule has 0 aromatic heterocycles. The molecule has 2 N–H and O–H groups in total. The van der Waals surface area contributed by atoms with E-state index in [1.54, 1.807) is 0 Å². The number of hydrazine groups is 1. The minimum Gasteiger partial charge on any atom is -0.303 e. The van der Waals surface area contributed by atoms with Gasteiger partial charge in [0.15, 0.2) is 0 Å². The van der Waals surface area contributed by atoms with E-state index in [1.807, 2.05) is 0 Å². The molecule has 0 spiro atoms. The summed E-state index contributed by atoms with van der Waals surface area (Å²) in [5, 5.41) is 0. The van der Waals surface area contributed by atoms with Crippen LogP contribution in [0.3, 0.4) is 0 Å². The number of hydrogen-bond acceptors (Lipinski definition) is 3. The highest BCUT2D eigenvalue weighted by atomic mass is 16.1. The molecule has 0 bridgehead atoms. The van der Waals surface area contributed by atoms with E-state index in [0.29, 0.717) is 6.54 Å². The molecule has 1 fully saturated rings. The summed E-state index contributed by atoms with van der Waals surface area (Å²) >= 11 is 0. The summed E-state index contributed by atoms with van der Waals surface area (Å²) in [6, 6.07) is 6.45. The van der Waals surface area contributed by atoms with Gasteiger partial charge in [-0.1, -0.05) is 23.8 Å². The van der Waals surface area contributed by atoms with Crippen molar-refractivity contribution >= 4 is 6.29 Å². The average Bonchev–Trinajstić information content (AvgIpc) is 2.65. The van der Waals surface area contributed by atoms with Crippen molar-refractivity contribution in [3.8, 4) is 0 Å². The summed E-state index contributed by atoms with van der Waals surface area (Å²) in [6.45, 7) is 4.87. The fourth-order valence-electron chi connectivity index (χ4n) is 2.12. The lowest BCUT2D eigenvalue weighted by Gasteiger charge is -2.16. The van der Waals surface area contributed by atoms with Crippen molar-refractivity contribution in [2.75, 3.05) is 6.54 Å². The highest BCUT2D eigenvalue weighted by molar-refractivity contribution is 5.57. The zero-order valence-corrected chi connectivity index (χ0v) is 9.08. The third-order valence-corrected chi connectivity index (χ3v) is 2.96. The van der Waals surface area contributed by atoms with E-state index in [2.05, 4.69) is 42.9 Å². The maximum atomic E-state index is 10.9. The Bertz CT molecular complexity index is 376. The Balaban J connectivity index is 2.32. The largest absolute Gasteiger partial charge is 0.303 e.